The number of nitrogens with two attached hydrogens (primary N) is 1. The van der Waals surface area contributed by atoms with Crippen molar-refractivity contribution in [2.24, 2.45) is 5.73 Å². The molecule has 1 fully saturated rings. The van der Waals surface area contributed by atoms with E-state index in [-0.39, 0.29) is 18.2 Å². The maximum atomic E-state index is 12.6. The van der Waals surface area contributed by atoms with Crippen LogP contribution in [0.4, 0.5) is 0 Å². The van der Waals surface area contributed by atoms with E-state index in [1.807, 2.05) is 51.1 Å². The lowest BCUT2D eigenvalue weighted by atomic mass is 9.75. The van der Waals surface area contributed by atoms with Gasteiger partial charge >= 0.3 is 0 Å². The van der Waals surface area contributed by atoms with Crippen LogP contribution in [0.25, 0.3) is 0 Å². The smallest absolute Gasteiger partial charge is 0.247 e. The SMILES string of the molecule is CC1=CN(C)C(OC2COC2)C2=C1NC(C)=C(C(N)=O)C2c1ccc(C#N)cc1C. The molecule has 7 nitrogen and oxygen atoms in total. The summed E-state index contributed by atoms with van der Waals surface area (Å²) in [4.78, 5) is 14.6. The van der Waals surface area contributed by atoms with Crippen LogP contribution in [0.1, 0.15) is 36.5 Å². The number of benzene rings is 1. The number of nitrogens with one attached hydrogen (secondary N) is 1. The first-order valence-electron chi connectivity index (χ1n) is 9.98. The van der Waals surface area contributed by atoms with Crippen molar-refractivity contribution in [2.45, 2.75) is 39.0 Å². The average Bonchev–Trinajstić information content (AvgIpc) is 2.65. The molecule has 1 aromatic carbocycles. The molecule has 1 aromatic rings. The number of hydrogen-bond acceptors (Lipinski definition) is 6. The molecule has 3 aliphatic rings. The molecule has 3 heterocycles. The molecule has 1 saturated heterocycles. The first-order valence-corrected chi connectivity index (χ1v) is 9.98. The standard InChI is InChI=1S/C23H26N4O3/c1-12-7-15(8-24)5-6-17(12)19-18(22(25)28)14(3)26-21-13(2)9-27(4)23(20(19)21)30-16-10-29-11-16/h5-7,9,16,19,23,26H,10-11H2,1-4H3,(H2,25,28). The van der Waals surface area contributed by atoms with Crippen molar-refractivity contribution in [2.75, 3.05) is 20.3 Å². The van der Waals surface area contributed by atoms with E-state index in [1.54, 1.807) is 6.07 Å². The summed E-state index contributed by atoms with van der Waals surface area (Å²) in [7, 11) is 1.97. The fourth-order valence-corrected chi connectivity index (χ4v) is 4.46. The number of allylic oxidation sites excluding steroid dienone is 2. The minimum Gasteiger partial charge on any atom is -0.376 e. The Morgan fingerprint density at radius 2 is 2.07 bits per heavy atom. The number of hydrogen-bond donors (Lipinski definition) is 2. The zero-order chi connectivity index (χ0) is 21.6. The van der Waals surface area contributed by atoms with Crippen molar-refractivity contribution in [3.8, 4) is 6.07 Å². The molecule has 0 spiro atoms. The van der Waals surface area contributed by atoms with E-state index in [0.29, 0.717) is 24.4 Å². The molecule has 0 saturated carbocycles. The van der Waals surface area contributed by atoms with Gasteiger partial charge in [0.1, 0.15) is 6.10 Å². The van der Waals surface area contributed by atoms with Crippen LogP contribution in [0.15, 0.2) is 52.5 Å². The number of dihydropyridines is 1. The van der Waals surface area contributed by atoms with E-state index in [9.17, 15) is 10.1 Å². The third kappa shape index (κ3) is 3.28. The molecular formula is C23H26N4O3. The maximum absolute atomic E-state index is 12.6. The largest absolute Gasteiger partial charge is 0.376 e. The summed E-state index contributed by atoms with van der Waals surface area (Å²) in [5.41, 5.74) is 12.5. The van der Waals surface area contributed by atoms with Gasteiger partial charge in [0.25, 0.3) is 0 Å². The maximum Gasteiger partial charge on any atom is 0.247 e. The predicted molar refractivity (Wildman–Crippen MR) is 112 cm³/mol. The molecule has 30 heavy (non-hydrogen) atoms. The summed E-state index contributed by atoms with van der Waals surface area (Å²) >= 11 is 0. The number of rotatable bonds is 4. The fraction of sp³-hybridized carbons (Fsp3) is 0.391. The van der Waals surface area contributed by atoms with Gasteiger partial charge in [-0.3, -0.25) is 4.79 Å². The number of aryl methyl sites for hydroxylation is 1. The second-order valence-electron chi connectivity index (χ2n) is 8.10. The van der Waals surface area contributed by atoms with Crippen LogP contribution in [0, 0.1) is 18.3 Å². The van der Waals surface area contributed by atoms with Gasteiger partial charge in [-0.25, -0.2) is 0 Å². The first-order chi connectivity index (χ1) is 14.3. The van der Waals surface area contributed by atoms with Crippen molar-refractivity contribution in [3.63, 3.8) is 0 Å². The Balaban J connectivity index is 1.91. The molecular weight excluding hydrogens is 380 g/mol. The molecule has 156 valence electrons. The Kier molecular flexibility index (Phi) is 5.14. The number of nitriles is 1. The monoisotopic (exact) mass is 406 g/mol. The number of nitrogens with zero attached hydrogens (tertiary/aromatic N) is 2. The minimum absolute atomic E-state index is 0.00440. The van der Waals surface area contributed by atoms with Crippen molar-refractivity contribution in [1.29, 1.82) is 5.26 Å². The summed E-state index contributed by atoms with van der Waals surface area (Å²) in [6.07, 6.45) is 1.68. The van der Waals surface area contributed by atoms with E-state index >= 15 is 0 Å². The van der Waals surface area contributed by atoms with Crippen molar-refractivity contribution in [3.05, 3.63) is 69.2 Å². The Morgan fingerprint density at radius 3 is 2.63 bits per heavy atom. The highest BCUT2D eigenvalue weighted by atomic mass is 16.6. The van der Waals surface area contributed by atoms with Gasteiger partial charge in [-0.15, -0.1) is 0 Å². The number of likely N-dealkylation sites (N-methyl/N-ethyl adjacent to an activating group) is 1. The lowest BCUT2D eigenvalue weighted by molar-refractivity contribution is -0.170. The average molecular weight is 406 g/mol. The second kappa shape index (κ2) is 7.63. The van der Waals surface area contributed by atoms with Crippen LogP contribution in [0.2, 0.25) is 0 Å². The van der Waals surface area contributed by atoms with E-state index in [2.05, 4.69) is 11.4 Å². The zero-order valence-electron chi connectivity index (χ0n) is 17.7. The molecule has 1 amide bonds. The third-order valence-corrected chi connectivity index (χ3v) is 5.94. The summed E-state index contributed by atoms with van der Waals surface area (Å²) in [6.45, 7) is 6.98. The van der Waals surface area contributed by atoms with E-state index in [0.717, 1.165) is 33.7 Å². The van der Waals surface area contributed by atoms with E-state index < -0.39 is 5.91 Å². The number of ether oxygens (including phenoxy) is 2. The lowest BCUT2D eigenvalue weighted by Gasteiger charge is -2.44. The molecule has 2 unspecified atom stereocenters. The van der Waals surface area contributed by atoms with Gasteiger partial charge in [0.15, 0.2) is 6.23 Å². The fourth-order valence-electron chi connectivity index (χ4n) is 4.46. The van der Waals surface area contributed by atoms with Crippen LogP contribution in [-0.2, 0) is 14.3 Å². The summed E-state index contributed by atoms with van der Waals surface area (Å²) < 4.78 is 11.7. The molecule has 3 aliphatic heterocycles. The van der Waals surface area contributed by atoms with Crippen LogP contribution < -0.4 is 11.1 Å². The zero-order valence-corrected chi connectivity index (χ0v) is 17.7. The quantitative estimate of drug-likeness (QED) is 0.795. The molecule has 0 radical (unpaired) electrons. The molecule has 0 bridgehead atoms. The molecule has 4 rings (SSSR count). The lowest BCUT2D eigenvalue weighted by Crippen LogP contribution is -2.49. The number of primary amides is 1. The van der Waals surface area contributed by atoms with E-state index in [1.165, 1.54) is 0 Å². The van der Waals surface area contributed by atoms with Gasteiger partial charge in [-0.2, -0.15) is 5.26 Å². The van der Waals surface area contributed by atoms with Crippen molar-refractivity contribution < 1.29 is 14.3 Å². The Labute approximate surface area is 176 Å². The van der Waals surface area contributed by atoms with E-state index in [4.69, 9.17) is 15.2 Å². The van der Waals surface area contributed by atoms with Gasteiger partial charge in [0, 0.05) is 41.7 Å². The summed E-state index contributed by atoms with van der Waals surface area (Å²) in [5.74, 6) is -0.843. The third-order valence-electron chi connectivity index (χ3n) is 5.94. The summed E-state index contributed by atoms with van der Waals surface area (Å²) in [6, 6.07) is 7.72. The number of carbonyl (C=O) groups is 1. The molecule has 3 N–H and O–H groups in total. The Morgan fingerprint density at radius 1 is 1.33 bits per heavy atom. The molecule has 0 aromatic heterocycles. The Hall–Kier alpha value is -3.08. The highest BCUT2D eigenvalue weighted by molar-refractivity contribution is 5.96. The minimum atomic E-state index is -0.471. The topological polar surface area (TPSA) is 101 Å². The number of amides is 1. The van der Waals surface area contributed by atoms with Gasteiger partial charge in [0.2, 0.25) is 5.91 Å². The van der Waals surface area contributed by atoms with Gasteiger partial charge < -0.3 is 25.4 Å². The van der Waals surface area contributed by atoms with Gasteiger partial charge in [-0.05, 0) is 49.6 Å². The second-order valence-corrected chi connectivity index (χ2v) is 8.10. The van der Waals surface area contributed by atoms with Crippen LogP contribution in [-0.4, -0.2) is 43.4 Å². The molecule has 0 aliphatic carbocycles. The van der Waals surface area contributed by atoms with Crippen molar-refractivity contribution in [1.82, 2.24) is 10.2 Å². The number of carbonyl (C=O) groups excluding carboxylic acids is 1. The Bertz CT molecular complexity index is 1040. The van der Waals surface area contributed by atoms with Crippen molar-refractivity contribution >= 4 is 5.91 Å². The molecule has 2 atom stereocenters. The molecule has 7 heteroatoms. The van der Waals surface area contributed by atoms with Crippen LogP contribution in [0.3, 0.4) is 0 Å². The van der Waals surface area contributed by atoms with Gasteiger partial charge in [-0.1, -0.05) is 6.07 Å². The normalized spacial score (nSPS) is 24.0. The summed E-state index contributed by atoms with van der Waals surface area (Å²) in [5, 5.41) is 12.7. The predicted octanol–water partition coefficient (Wildman–Crippen LogP) is 2.16. The first kappa shape index (κ1) is 20.2. The van der Waals surface area contributed by atoms with Crippen LogP contribution in [0.5, 0.6) is 0 Å². The van der Waals surface area contributed by atoms with Gasteiger partial charge in [0.05, 0.1) is 24.8 Å². The highest BCUT2D eigenvalue weighted by Gasteiger charge is 2.42. The highest BCUT2D eigenvalue weighted by Crippen LogP contribution is 2.45. The van der Waals surface area contributed by atoms with Crippen LogP contribution >= 0.6 is 0 Å².